The Morgan fingerprint density at radius 3 is 2.41 bits per heavy atom. The first kappa shape index (κ1) is 24.7. The van der Waals surface area contributed by atoms with Crippen LogP contribution < -0.4 is 19.7 Å². The van der Waals surface area contributed by atoms with Gasteiger partial charge in [0.25, 0.3) is 5.91 Å². The van der Waals surface area contributed by atoms with Crippen LogP contribution in [0, 0.1) is 0 Å². The van der Waals surface area contributed by atoms with E-state index in [1.807, 2.05) is 31.2 Å². The standard InChI is InChI=1S/C30H32N2O5/c1-2-20-7-3-6-10-25(20)32(30(35)22-13-16-26-27(19-22)37-18-17-36-26)28(21-11-14-24(33)15-12-21)29(34)31-23-8-4-5-9-23/h3,6-7,10-16,19,23,28,33H,2,4-5,8-9,17-18H2,1H3,(H,31,34)/t28-/m1/s1. The molecule has 7 heteroatoms. The Bertz CT molecular complexity index is 1270. The van der Waals surface area contributed by atoms with Crippen molar-refractivity contribution in [2.45, 2.75) is 51.1 Å². The zero-order valence-electron chi connectivity index (χ0n) is 21.0. The smallest absolute Gasteiger partial charge is 0.259 e. The van der Waals surface area contributed by atoms with Gasteiger partial charge in [0.1, 0.15) is 25.0 Å². The van der Waals surface area contributed by atoms with E-state index in [1.165, 1.54) is 0 Å². The average molecular weight is 501 g/mol. The number of hydrogen-bond acceptors (Lipinski definition) is 5. The van der Waals surface area contributed by atoms with Crippen LogP contribution in [0.2, 0.25) is 0 Å². The van der Waals surface area contributed by atoms with Gasteiger partial charge in [-0.15, -0.1) is 0 Å². The molecule has 1 atom stereocenters. The van der Waals surface area contributed by atoms with Crippen LogP contribution in [-0.2, 0) is 11.2 Å². The molecule has 1 aliphatic carbocycles. The Morgan fingerprint density at radius 1 is 0.973 bits per heavy atom. The molecule has 1 saturated carbocycles. The molecule has 0 aromatic heterocycles. The molecule has 5 rings (SSSR count). The lowest BCUT2D eigenvalue weighted by molar-refractivity contribution is -0.123. The fourth-order valence-electron chi connectivity index (χ4n) is 5.15. The van der Waals surface area contributed by atoms with Gasteiger partial charge in [0.15, 0.2) is 11.5 Å². The van der Waals surface area contributed by atoms with E-state index in [0.29, 0.717) is 47.9 Å². The first-order valence-electron chi connectivity index (χ1n) is 13.0. The van der Waals surface area contributed by atoms with Crippen molar-refractivity contribution in [2.24, 2.45) is 0 Å². The summed E-state index contributed by atoms with van der Waals surface area (Å²) in [5.74, 6) is 0.638. The number of rotatable bonds is 7. The number of fused-ring (bicyclic) bond motifs is 1. The van der Waals surface area contributed by atoms with Crippen molar-refractivity contribution in [3.63, 3.8) is 0 Å². The monoisotopic (exact) mass is 500 g/mol. The van der Waals surface area contributed by atoms with Crippen LogP contribution in [0.25, 0.3) is 0 Å². The summed E-state index contributed by atoms with van der Waals surface area (Å²) < 4.78 is 11.4. The van der Waals surface area contributed by atoms with Crippen molar-refractivity contribution in [2.75, 3.05) is 18.1 Å². The molecule has 2 aliphatic rings. The van der Waals surface area contributed by atoms with Gasteiger partial charge in [-0.05, 0) is 66.8 Å². The van der Waals surface area contributed by atoms with Gasteiger partial charge >= 0.3 is 0 Å². The lowest BCUT2D eigenvalue weighted by atomic mass is 9.99. The van der Waals surface area contributed by atoms with Crippen molar-refractivity contribution in [3.8, 4) is 17.2 Å². The van der Waals surface area contributed by atoms with Crippen LogP contribution in [0.15, 0.2) is 66.7 Å². The summed E-state index contributed by atoms with van der Waals surface area (Å²) in [6, 6.07) is 18.4. The van der Waals surface area contributed by atoms with E-state index >= 15 is 0 Å². The molecule has 1 fully saturated rings. The highest BCUT2D eigenvalue weighted by Gasteiger charge is 2.36. The minimum absolute atomic E-state index is 0.0831. The third-order valence-electron chi connectivity index (χ3n) is 7.06. The van der Waals surface area contributed by atoms with Crippen molar-refractivity contribution in [3.05, 3.63) is 83.4 Å². The van der Waals surface area contributed by atoms with Gasteiger partial charge in [-0.2, -0.15) is 0 Å². The average Bonchev–Trinajstić information content (AvgIpc) is 3.44. The Balaban J connectivity index is 1.63. The molecule has 0 saturated heterocycles. The number of carbonyl (C=O) groups is 2. The first-order chi connectivity index (χ1) is 18.0. The van der Waals surface area contributed by atoms with Gasteiger partial charge in [-0.1, -0.05) is 50.1 Å². The van der Waals surface area contributed by atoms with Gasteiger partial charge < -0.3 is 19.9 Å². The number of nitrogens with one attached hydrogen (secondary N) is 1. The number of benzene rings is 3. The van der Waals surface area contributed by atoms with Gasteiger partial charge in [-0.3, -0.25) is 14.5 Å². The predicted octanol–water partition coefficient (Wildman–Crippen LogP) is 5.17. The van der Waals surface area contributed by atoms with E-state index in [0.717, 1.165) is 31.2 Å². The first-order valence-corrected chi connectivity index (χ1v) is 13.0. The van der Waals surface area contributed by atoms with Crippen LogP contribution in [0.4, 0.5) is 5.69 Å². The zero-order chi connectivity index (χ0) is 25.8. The number of hydrogen-bond donors (Lipinski definition) is 2. The van der Waals surface area contributed by atoms with E-state index < -0.39 is 6.04 Å². The molecule has 0 unspecified atom stereocenters. The Hall–Kier alpha value is -4.00. The molecule has 2 N–H and O–H groups in total. The highest BCUT2D eigenvalue weighted by Crippen LogP contribution is 2.36. The summed E-state index contributed by atoms with van der Waals surface area (Å²) in [5, 5.41) is 13.1. The molecule has 3 aromatic carbocycles. The summed E-state index contributed by atoms with van der Waals surface area (Å²) in [6.45, 7) is 2.90. The number of para-hydroxylation sites is 1. The molecule has 192 valence electrons. The van der Waals surface area contributed by atoms with Crippen molar-refractivity contribution >= 4 is 17.5 Å². The number of nitrogens with zero attached hydrogens (tertiary/aromatic N) is 1. The van der Waals surface area contributed by atoms with Crippen molar-refractivity contribution < 1.29 is 24.2 Å². The minimum Gasteiger partial charge on any atom is -0.508 e. The van der Waals surface area contributed by atoms with Gasteiger partial charge in [0.2, 0.25) is 5.91 Å². The second-order valence-electron chi connectivity index (χ2n) is 9.50. The lowest BCUT2D eigenvalue weighted by Gasteiger charge is -2.34. The summed E-state index contributed by atoms with van der Waals surface area (Å²) in [4.78, 5) is 29.9. The van der Waals surface area contributed by atoms with Gasteiger partial charge in [0.05, 0.1) is 0 Å². The molecule has 3 aromatic rings. The van der Waals surface area contributed by atoms with Crippen LogP contribution in [0.5, 0.6) is 17.2 Å². The molecule has 0 spiro atoms. The van der Waals surface area contributed by atoms with E-state index in [9.17, 15) is 14.7 Å². The normalized spacial score (nSPS) is 15.7. The fourth-order valence-corrected chi connectivity index (χ4v) is 5.15. The van der Waals surface area contributed by atoms with Gasteiger partial charge in [0, 0.05) is 17.3 Å². The topological polar surface area (TPSA) is 88.1 Å². The summed E-state index contributed by atoms with van der Waals surface area (Å²) in [6.07, 6.45) is 4.69. The quantitative estimate of drug-likeness (QED) is 0.467. The van der Waals surface area contributed by atoms with Crippen molar-refractivity contribution in [1.82, 2.24) is 5.32 Å². The number of aryl methyl sites for hydroxylation is 1. The molecule has 37 heavy (non-hydrogen) atoms. The van der Waals surface area contributed by atoms with E-state index in [2.05, 4.69) is 5.32 Å². The van der Waals surface area contributed by atoms with E-state index in [1.54, 1.807) is 47.4 Å². The minimum atomic E-state index is -0.936. The number of ether oxygens (including phenoxy) is 2. The van der Waals surface area contributed by atoms with Crippen LogP contribution in [0.3, 0.4) is 0 Å². The van der Waals surface area contributed by atoms with Crippen molar-refractivity contribution in [1.29, 1.82) is 0 Å². The molecule has 7 nitrogen and oxygen atoms in total. The van der Waals surface area contributed by atoms with E-state index in [4.69, 9.17) is 9.47 Å². The maximum absolute atomic E-state index is 14.3. The summed E-state index contributed by atoms with van der Waals surface area (Å²) >= 11 is 0. The third kappa shape index (κ3) is 5.26. The van der Waals surface area contributed by atoms with Crippen LogP contribution in [-0.4, -0.2) is 36.2 Å². The molecule has 1 aliphatic heterocycles. The Labute approximate surface area is 217 Å². The molecule has 0 radical (unpaired) electrons. The number of anilines is 1. The second-order valence-corrected chi connectivity index (χ2v) is 9.50. The number of carbonyl (C=O) groups excluding carboxylic acids is 2. The second kappa shape index (κ2) is 10.9. The number of phenols is 1. The highest BCUT2D eigenvalue weighted by atomic mass is 16.6. The molecular weight excluding hydrogens is 468 g/mol. The Morgan fingerprint density at radius 2 is 1.68 bits per heavy atom. The zero-order valence-corrected chi connectivity index (χ0v) is 21.0. The van der Waals surface area contributed by atoms with Gasteiger partial charge in [-0.25, -0.2) is 0 Å². The highest BCUT2D eigenvalue weighted by molar-refractivity contribution is 6.10. The number of amides is 2. The number of phenolic OH excluding ortho intramolecular Hbond substituents is 1. The Kier molecular flexibility index (Phi) is 7.30. The third-order valence-corrected chi connectivity index (χ3v) is 7.06. The van der Waals surface area contributed by atoms with Crippen LogP contribution >= 0.6 is 0 Å². The van der Waals surface area contributed by atoms with E-state index in [-0.39, 0.29) is 23.6 Å². The molecule has 1 heterocycles. The van der Waals surface area contributed by atoms with Crippen LogP contribution in [0.1, 0.15) is 60.1 Å². The summed E-state index contributed by atoms with van der Waals surface area (Å²) in [7, 11) is 0. The largest absolute Gasteiger partial charge is 0.508 e. The molecular formula is C30H32N2O5. The predicted molar refractivity (Wildman–Crippen MR) is 141 cm³/mol. The number of aromatic hydroxyl groups is 1. The fraction of sp³-hybridized carbons (Fsp3) is 0.333. The molecule has 0 bridgehead atoms. The maximum atomic E-state index is 14.3. The summed E-state index contributed by atoms with van der Waals surface area (Å²) in [5.41, 5.74) is 2.63. The lowest BCUT2D eigenvalue weighted by Crippen LogP contribution is -2.46. The molecule has 2 amide bonds. The SMILES string of the molecule is CCc1ccccc1N(C(=O)c1ccc2c(c1)OCCO2)[C@@H](C(=O)NC1CCCC1)c1ccc(O)cc1. The maximum Gasteiger partial charge on any atom is 0.259 e.